The van der Waals surface area contributed by atoms with Gasteiger partial charge in [-0.25, -0.2) is 14.6 Å². The van der Waals surface area contributed by atoms with Crippen LogP contribution in [0.25, 0.3) is 22.1 Å². The molecule has 1 fully saturated rings. The van der Waals surface area contributed by atoms with Gasteiger partial charge in [-0.1, -0.05) is 24.3 Å². The fraction of sp³-hybridized carbons (Fsp3) is 0.292. The molecule has 3 aromatic rings. The van der Waals surface area contributed by atoms with Crippen LogP contribution in [0, 0.1) is 5.82 Å². The van der Waals surface area contributed by atoms with Crippen LogP contribution in [0.15, 0.2) is 69.6 Å². The molecular weight excluding hydrogens is 413 g/mol. The van der Waals surface area contributed by atoms with Gasteiger partial charge in [0.25, 0.3) is 0 Å². The molecule has 0 amide bonds. The number of halogens is 1. The Morgan fingerprint density at radius 1 is 1.22 bits per heavy atom. The van der Waals surface area contributed by atoms with Crippen molar-refractivity contribution in [3.8, 4) is 11.1 Å². The van der Waals surface area contributed by atoms with E-state index in [9.17, 15) is 14.3 Å². The van der Waals surface area contributed by atoms with E-state index in [1.54, 1.807) is 36.5 Å². The molecule has 8 heteroatoms. The Kier molecular flexibility index (Phi) is 6.27. The average molecular weight is 439 g/mol. The van der Waals surface area contributed by atoms with Crippen molar-refractivity contribution in [1.82, 2.24) is 10.4 Å². The molecule has 1 saturated heterocycles. The van der Waals surface area contributed by atoms with Gasteiger partial charge in [-0.15, -0.1) is 0 Å². The zero-order chi connectivity index (χ0) is 22.7. The molecule has 0 saturated carbocycles. The van der Waals surface area contributed by atoms with E-state index in [0.29, 0.717) is 49.4 Å². The van der Waals surface area contributed by atoms with Crippen molar-refractivity contribution in [2.45, 2.75) is 25.0 Å². The summed E-state index contributed by atoms with van der Waals surface area (Å²) in [6, 6.07) is 13.0. The molecule has 0 unspecified atom stereocenters. The number of nitrogens with one attached hydrogen (secondary N) is 1. The largest absolute Gasteiger partial charge is 0.423 e. The highest BCUT2D eigenvalue weighted by molar-refractivity contribution is 5.93. The van der Waals surface area contributed by atoms with Gasteiger partial charge in [0.1, 0.15) is 17.0 Å². The van der Waals surface area contributed by atoms with Gasteiger partial charge in [-0.05, 0) is 34.9 Å². The van der Waals surface area contributed by atoms with Gasteiger partial charge in [0.05, 0.1) is 12.2 Å². The molecule has 168 valence electrons. The highest BCUT2D eigenvalue weighted by Crippen LogP contribution is 2.29. The maximum atomic E-state index is 13.3. The molecule has 2 heterocycles. The van der Waals surface area contributed by atoms with Crippen molar-refractivity contribution in [1.29, 1.82) is 0 Å². The van der Waals surface area contributed by atoms with Crippen LogP contribution in [0.5, 0.6) is 0 Å². The highest BCUT2D eigenvalue weighted by atomic mass is 19.1. The number of benzene rings is 2. The summed E-state index contributed by atoms with van der Waals surface area (Å²) in [7, 11) is 1.76. The van der Waals surface area contributed by atoms with Gasteiger partial charge in [-0.3, -0.25) is 0 Å². The monoisotopic (exact) mass is 439 g/mol. The van der Waals surface area contributed by atoms with E-state index in [1.165, 1.54) is 18.2 Å². The number of rotatable bonds is 6. The molecular formula is C24H26FN3O4. The van der Waals surface area contributed by atoms with Gasteiger partial charge in [0.2, 0.25) is 0 Å². The lowest BCUT2D eigenvalue weighted by Gasteiger charge is -2.33. The Morgan fingerprint density at radius 3 is 2.62 bits per heavy atom. The van der Waals surface area contributed by atoms with E-state index < -0.39 is 11.2 Å². The van der Waals surface area contributed by atoms with Crippen molar-refractivity contribution in [3.63, 3.8) is 0 Å². The van der Waals surface area contributed by atoms with Crippen molar-refractivity contribution in [2.75, 3.05) is 20.3 Å². The van der Waals surface area contributed by atoms with Gasteiger partial charge >= 0.3 is 5.63 Å². The molecule has 1 aromatic heterocycles. The molecule has 32 heavy (non-hydrogen) atoms. The second kappa shape index (κ2) is 9.12. The first-order valence-electron chi connectivity index (χ1n) is 10.4. The maximum Gasteiger partial charge on any atom is 0.336 e. The zero-order valence-corrected chi connectivity index (χ0v) is 17.8. The van der Waals surface area contributed by atoms with Crippen LogP contribution in [0.3, 0.4) is 0 Å². The van der Waals surface area contributed by atoms with Crippen molar-refractivity contribution in [2.24, 2.45) is 5.73 Å². The van der Waals surface area contributed by atoms with Gasteiger partial charge in [0, 0.05) is 50.8 Å². The third kappa shape index (κ3) is 4.67. The number of hydrogen-bond acceptors (Lipinski definition) is 7. The summed E-state index contributed by atoms with van der Waals surface area (Å²) in [5.41, 5.74) is 10.8. The summed E-state index contributed by atoms with van der Waals surface area (Å²) in [4.78, 5) is 12.2. The molecule has 0 spiro atoms. The van der Waals surface area contributed by atoms with E-state index in [1.807, 2.05) is 12.1 Å². The Labute approximate surface area is 184 Å². The van der Waals surface area contributed by atoms with Crippen LogP contribution >= 0.6 is 0 Å². The van der Waals surface area contributed by atoms with E-state index in [2.05, 4.69) is 5.43 Å². The lowest BCUT2D eigenvalue weighted by atomic mass is 9.91. The van der Waals surface area contributed by atoms with Gasteiger partial charge in [-0.2, -0.15) is 0 Å². The minimum absolute atomic E-state index is 0.340. The standard InChI is InChI=1S/C24H26FN3O4/c1-27-28(15-22(26)24(30)8-10-31-11-9-24)14-16-2-7-19-20(13-23(29)32-21(19)12-16)17-3-5-18(25)6-4-17/h2-7,12-13,15,27,30H,8-11,14,26H2,1H3/b22-15-. The summed E-state index contributed by atoms with van der Waals surface area (Å²) in [5.74, 6) is -0.340. The SMILES string of the molecule is CNN(/C=C(\N)C1(O)CCOCC1)Cc1ccc2c(-c3ccc(F)cc3)cc(=O)oc2c1. The third-order valence-electron chi connectivity index (χ3n) is 5.76. The van der Waals surface area contributed by atoms with E-state index in [-0.39, 0.29) is 5.82 Å². The number of ether oxygens (including phenoxy) is 1. The summed E-state index contributed by atoms with van der Waals surface area (Å²) < 4.78 is 24.1. The van der Waals surface area contributed by atoms with Crippen LogP contribution in [0.2, 0.25) is 0 Å². The lowest BCUT2D eigenvalue weighted by molar-refractivity contribution is -0.0413. The smallest absolute Gasteiger partial charge is 0.336 e. The summed E-state index contributed by atoms with van der Waals surface area (Å²) in [6.45, 7) is 1.35. The van der Waals surface area contributed by atoms with Crippen molar-refractivity contribution in [3.05, 3.63) is 82.2 Å². The first kappa shape index (κ1) is 22.0. The average Bonchev–Trinajstić information content (AvgIpc) is 2.78. The molecule has 4 rings (SSSR count). The number of nitrogens with zero attached hydrogens (tertiary/aromatic N) is 1. The van der Waals surface area contributed by atoms with Crippen LogP contribution in [0.1, 0.15) is 18.4 Å². The molecule has 0 bridgehead atoms. The van der Waals surface area contributed by atoms with Crippen LogP contribution < -0.4 is 16.8 Å². The minimum Gasteiger partial charge on any atom is -0.423 e. The molecule has 2 aromatic carbocycles. The quantitative estimate of drug-likeness (QED) is 0.401. The molecule has 1 aliphatic heterocycles. The van der Waals surface area contributed by atoms with E-state index in [0.717, 1.165) is 16.5 Å². The number of hydrogen-bond donors (Lipinski definition) is 3. The Balaban J connectivity index is 1.62. The van der Waals surface area contributed by atoms with E-state index >= 15 is 0 Å². The Hall–Kier alpha value is -3.20. The first-order chi connectivity index (χ1) is 15.4. The second-order valence-corrected chi connectivity index (χ2v) is 7.90. The Bertz CT molecular complexity index is 1180. The third-order valence-corrected chi connectivity index (χ3v) is 5.76. The molecule has 0 radical (unpaired) electrons. The lowest BCUT2D eigenvalue weighted by Crippen LogP contribution is -2.43. The number of fused-ring (bicyclic) bond motifs is 1. The molecule has 4 N–H and O–H groups in total. The molecule has 0 aliphatic carbocycles. The topological polar surface area (TPSA) is 101 Å². The summed E-state index contributed by atoms with van der Waals surface area (Å²) >= 11 is 0. The van der Waals surface area contributed by atoms with Gasteiger partial charge in [0.15, 0.2) is 0 Å². The minimum atomic E-state index is -1.09. The first-order valence-corrected chi connectivity index (χ1v) is 10.4. The van der Waals surface area contributed by atoms with Crippen LogP contribution in [-0.2, 0) is 11.3 Å². The van der Waals surface area contributed by atoms with Gasteiger partial charge < -0.3 is 25.0 Å². The number of nitrogens with two attached hydrogens (primary N) is 1. The van der Waals surface area contributed by atoms with E-state index in [4.69, 9.17) is 14.9 Å². The molecule has 0 atom stereocenters. The maximum absolute atomic E-state index is 13.3. The Morgan fingerprint density at radius 2 is 1.94 bits per heavy atom. The van der Waals surface area contributed by atoms with Crippen LogP contribution in [-0.4, -0.2) is 36.0 Å². The second-order valence-electron chi connectivity index (χ2n) is 7.90. The predicted octanol–water partition coefficient (Wildman–Crippen LogP) is 2.88. The van der Waals surface area contributed by atoms with Crippen molar-refractivity contribution >= 4 is 11.0 Å². The summed E-state index contributed by atoms with van der Waals surface area (Å²) in [5, 5.41) is 13.3. The number of aliphatic hydroxyl groups is 1. The van der Waals surface area contributed by atoms with Crippen LogP contribution in [0.4, 0.5) is 4.39 Å². The molecule has 1 aliphatic rings. The number of hydrazine groups is 1. The molecule has 7 nitrogen and oxygen atoms in total. The summed E-state index contributed by atoms with van der Waals surface area (Å²) in [6.07, 6.45) is 2.57. The fourth-order valence-electron chi connectivity index (χ4n) is 3.85. The fourth-order valence-corrected chi connectivity index (χ4v) is 3.85. The highest BCUT2D eigenvalue weighted by Gasteiger charge is 2.33. The predicted molar refractivity (Wildman–Crippen MR) is 120 cm³/mol. The normalized spacial score (nSPS) is 16.3. The zero-order valence-electron chi connectivity index (χ0n) is 17.8. The van der Waals surface area contributed by atoms with Crippen molar-refractivity contribution < 1.29 is 18.7 Å².